The molecule has 1 saturated carbocycles. The van der Waals surface area contributed by atoms with E-state index in [1.807, 2.05) is 6.92 Å². The van der Waals surface area contributed by atoms with E-state index in [9.17, 15) is 0 Å². The third kappa shape index (κ3) is 2.35. The summed E-state index contributed by atoms with van der Waals surface area (Å²) in [6.45, 7) is 2.81. The Hall–Kier alpha value is -0.680. The molecular formula is C11H17N3OS. The van der Waals surface area contributed by atoms with Crippen LogP contribution in [0.2, 0.25) is 0 Å². The first kappa shape index (κ1) is 10.5. The lowest BCUT2D eigenvalue weighted by Crippen LogP contribution is -2.35. The van der Waals surface area contributed by atoms with E-state index >= 15 is 0 Å². The molecule has 0 bridgehead atoms. The smallest absolute Gasteiger partial charge is 0.202 e. The highest BCUT2D eigenvalue weighted by Crippen LogP contribution is 2.38. The lowest BCUT2D eigenvalue weighted by molar-refractivity contribution is -0.00218. The van der Waals surface area contributed by atoms with Crippen molar-refractivity contribution in [2.24, 2.45) is 5.92 Å². The molecule has 0 amide bonds. The molecule has 0 radical (unpaired) electrons. The molecule has 3 rings (SSSR count). The Kier molecular flexibility index (Phi) is 2.81. The quantitative estimate of drug-likeness (QED) is 0.878. The number of anilines is 1. The van der Waals surface area contributed by atoms with Gasteiger partial charge in [-0.25, -0.2) is 4.98 Å². The van der Waals surface area contributed by atoms with Gasteiger partial charge >= 0.3 is 0 Å². The predicted octanol–water partition coefficient (Wildman–Crippen LogP) is 2.22. The molecule has 2 atom stereocenters. The lowest BCUT2D eigenvalue weighted by Gasteiger charge is -2.29. The maximum Gasteiger partial charge on any atom is 0.202 e. The molecule has 4 nitrogen and oxygen atoms in total. The van der Waals surface area contributed by atoms with Gasteiger partial charge in [0.05, 0.1) is 6.10 Å². The van der Waals surface area contributed by atoms with Crippen LogP contribution in [-0.4, -0.2) is 28.1 Å². The molecule has 88 valence electrons. The van der Waals surface area contributed by atoms with E-state index in [0.29, 0.717) is 12.1 Å². The van der Waals surface area contributed by atoms with Crippen LogP contribution in [0.3, 0.4) is 0 Å². The Bertz CT molecular complexity index is 364. The van der Waals surface area contributed by atoms with E-state index in [2.05, 4.69) is 14.7 Å². The highest BCUT2D eigenvalue weighted by atomic mass is 32.1. The van der Waals surface area contributed by atoms with Crippen molar-refractivity contribution in [3.63, 3.8) is 0 Å². The minimum Gasteiger partial charge on any atom is -0.378 e. The maximum absolute atomic E-state index is 5.80. The van der Waals surface area contributed by atoms with E-state index in [4.69, 9.17) is 4.74 Å². The van der Waals surface area contributed by atoms with Gasteiger partial charge in [-0.15, -0.1) is 0 Å². The molecular weight excluding hydrogens is 222 g/mol. The predicted molar refractivity (Wildman–Crippen MR) is 63.8 cm³/mol. The Morgan fingerprint density at radius 1 is 1.38 bits per heavy atom. The average Bonchev–Trinajstić information content (AvgIpc) is 3.05. The van der Waals surface area contributed by atoms with Gasteiger partial charge in [-0.1, -0.05) is 0 Å². The molecule has 1 aromatic heterocycles. The summed E-state index contributed by atoms with van der Waals surface area (Å²) in [6, 6.07) is 0.520. The van der Waals surface area contributed by atoms with Crippen LogP contribution in [0.1, 0.15) is 31.5 Å². The molecule has 1 aliphatic carbocycles. The first-order valence-electron chi connectivity index (χ1n) is 6.00. The average molecular weight is 239 g/mol. The van der Waals surface area contributed by atoms with Gasteiger partial charge in [-0.3, -0.25) is 0 Å². The van der Waals surface area contributed by atoms with Crippen molar-refractivity contribution in [2.45, 2.75) is 44.8 Å². The standard InChI is InChI=1S/C11H17N3OS/c1-7-12-11(16-14-7)13-9-4-5-15-10(6-9)8-2-3-8/h8-10H,2-6H2,1H3,(H,12,13,14). The van der Waals surface area contributed by atoms with Gasteiger partial charge < -0.3 is 10.1 Å². The van der Waals surface area contributed by atoms with Crippen LogP contribution in [-0.2, 0) is 4.74 Å². The summed E-state index contributed by atoms with van der Waals surface area (Å²) in [5.74, 6) is 1.69. The van der Waals surface area contributed by atoms with E-state index in [1.54, 1.807) is 0 Å². The van der Waals surface area contributed by atoms with Crippen LogP contribution < -0.4 is 5.32 Å². The SMILES string of the molecule is Cc1nsc(NC2CCOC(C3CC3)C2)n1. The van der Waals surface area contributed by atoms with E-state index in [1.165, 1.54) is 24.4 Å². The Morgan fingerprint density at radius 2 is 2.25 bits per heavy atom. The summed E-state index contributed by atoms with van der Waals surface area (Å²) in [5, 5.41) is 4.44. The van der Waals surface area contributed by atoms with Crippen LogP contribution in [0.15, 0.2) is 0 Å². The van der Waals surface area contributed by atoms with Crippen molar-refractivity contribution < 1.29 is 4.74 Å². The summed E-state index contributed by atoms with van der Waals surface area (Å²) >= 11 is 1.46. The fourth-order valence-corrected chi connectivity index (χ4v) is 2.94. The Balaban J connectivity index is 1.57. The second kappa shape index (κ2) is 4.30. The first-order valence-corrected chi connectivity index (χ1v) is 6.77. The highest BCUT2D eigenvalue weighted by molar-refractivity contribution is 7.09. The molecule has 0 aromatic carbocycles. The molecule has 0 spiro atoms. The number of aryl methyl sites for hydroxylation is 1. The lowest BCUT2D eigenvalue weighted by atomic mass is 10.0. The van der Waals surface area contributed by atoms with Crippen molar-refractivity contribution in [1.29, 1.82) is 0 Å². The van der Waals surface area contributed by atoms with Crippen molar-refractivity contribution in [2.75, 3.05) is 11.9 Å². The monoisotopic (exact) mass is 239 g/mol. The van der Waals surface area contributed by atoms with Crippen LogP contribution in [0.25, 0.3) is 0 Å². The second-order valence-corrected chi connectivity index (χ2v) is 5.51. The van der Waals surface area contributed by atoms with E-state index in [0.717, 1.165) is 36.3 Å². The number of hydrogen-bond acceptors (Lipinski definition) is 5. The second-order valence-electron chi connectivity index (χ2n) is 4.76. The molecule has 2 unspecified atom stereocenters. The van der Waals surface area contributed by atoms with Gasteiger partial charge in [0.1, 0.15) is 5.82 Å². The van der Waals surface area contributed by atoms with Crippen molar-refractivity contribution in [3.05, 3.63) is 5.82 Å². The molecule has 2 aliphatic rings. The van der Waals surface area contributed by atoms with Crippen molar-refractivity contribution in [1.82, 2.24) is 9.36 Å². The fourth-order valence-electron chi connectivity index (χ4n) is 2.29. The number of hydrogen-bond donors (Lipinski definition) is 1. The zero-order valence-electron chi connectivity index (χ0n) is 9.48. The number of ether oxygens (including phenoxy) is 1. The summed E-state index contributed by atoms with van der Waals surface area (Å²) in [6.07, 6.45) is 5.41. The molecule has 1 saturated heterocycles. The van der Waals surface area contributed by atoms with Gasteiger partial charge in [0, 0.05) is 24.2 Å². The maximum atomic E-state index is 5.80. The fraction of sp³-hybridized carbons (Fsp3) is 0.818. The highest BCUT2D eigenvalue weighted by Gasteiger charge is 2.35. The minimum atomic E-state index is 0.486. The number of nitrogens with one attached hydrogen (secondary N) is 1. The van der Waals surface area contributed by atoms with E-state index < -0.39 is 0 Å². The molecule has 1 N–H and O–H groups in total. The Labute approximate surface area is 99.6 Å². The summed E-state index contributed by atoms with van der Waals surface area (Å²) in [7, 11) is 0. The number of rotatable bonds is 3. The largest absolute Gasteiger partial charge is 0.378 e. The van der Waals surface area contributed by atoms with Gasteiger partial charge in [0.25, 0.3) is 0 Å². The first-order chi connectivity index (χ1) is 7.81. The summed E-state index contributed by atoms with van der Waals surface area (Å²) < 4.78 is 9.99. The van der Waals surface area contributed by atoms with Gasteiger partial charge in [0.15, 0.2) is 0 Å². The third-order valence-corrected chi connectivity index (χ3v) is 4.06. The van der Waals surface area contributed by atoms with Crippen LogP contribution in [0.4, 0.5) is 5.13 Å². The molecule has 1 aromatic rings. The van der Waals surface area contributed by atoms with E-state index in [-0.39, 0.29) is 0 Å². The summed E-state index contributed by atoms with van der Waals surface area (Å²) in [4.78, 5) is 4.35. The molecule has 2 fully saturated rings. The van der Waals surface area contributed by atoms with Gasteiger partial charge in [0.2, 0.25) is 5.13 Å². The summed E-state index contributed by atoms with van der Waals surface area (Å²) in [5.41, 5.74) is 0. The molecule has 16 heavy (non-hydrogen) atoms. The van der Waals surface area contributed by atoms with Crippen LogP contribution in [0.5, 0.6) is 0 Å². The molecule has 2 heterocycles. The molecule has 1 aliphatic heterocycles. The third-order valence-electron chi connectivity index (χ3n) is 3.32. The normalized spacial score (nSPS) is 30.3. The van der Waals surface area contributed by atoms with Crippen molar-refractivity contribution >= 4 is 16.7 Å². The molecule has 5 heteroatoms. The van der Waals surface area contributed by atoms with Crippen molar-refractivity contribution in [3.8, 4) is 0 Å². The minimum absolute atomic E-state index is 0.486. The Morgan fingerprint density at radius 3 is 2.94 bits per heavy atom. The zero-order chi connectivity index (χ0) is 11.0. The van der Waals surface area contributed by atoms with Gasteiger partial charge in [-0.05, 0) is 38.5 Å². The number of nitrogens with zero attached hydrogens (tertiary/aromatic N) is 2. The zero-order valence-corrected chi connectivity index (χ0v) is 10.3. The van der Waals surface area contributed by atoms with Crippen LogP contribution in [0, 0.1) is 12.8 Å². The topological polar surface area (TPSA) is 47.0 Å². The van der Waals surface area contributed by atoms with Crippen LogP contribution >= 0.6 is 11.5 Å². The van der Waals surface area contributed by atoms with Gasteiger partial charge in [-0.2, -0.15) is 4.37 Å². The number of aromatic nitrogens is 2.